The lowest BCUT2D eigenvalue weighted by molar-refractivity contribution is -0.155. The molecule has 6 rings (SSSR count). The van der Waals surface area contributed by atoms with Crippen molar-refractivity contribution < 1.29 is 14.3 Å². The summed E-state index contributed by atoms with van der Waals surface area (Å²) in [7, 11) is 0. The van der Waals surface area contributed by atoms with E-state index in [2.05, 4.69) is 91.5 Å². The Morgan fingerprint density at radius 2 is 1.39 bits per heavy atom. The highest BCUT2D eigenvalue weighted by atomic mass is 32.2. The summed E-state index contributed by atoms with van der Waals surface area (Å²) in [5, 5.41) is 0. The van der Waals surface area contributed by atoms with Crippen molar-refractivity contribution in [3.8, 4) is 11.1 Å². The Morgan fingerprint density at radius 3 is 1.98 bits per heavy atom. The van der Waals surface area contributed by atoms with Crippen molar-refractivity contribution in [1.82, 2.24) is 4.90 Å². The monoisotopic (exact) mass is 579 g/mol. The molecule has 1 aliphatic carbocycles. The lowest BCUT2D eigenvalue weighted by Crippen LogP contribution is -2.55. The molecule has 0 radical (unpaired) electrons. The van der Waals surface area contributed by atoms with Gasteiger partial charge in [0.15, 0.2) is 0 Å². The van der Waals surface area contributed by atoms with Gasteiger partial charge in [-0.25, -0.2) is 0 Å². The number of carbonyl (C=O) groups is 1. The second kappa shape index (κ2) is 11.1. The van der Waals surface area contributed by atoms with Crippen LogP contribution in [0.4, 0.5) is 0 Å². The molecule has 0 N–H and O–H groups in total. The quantitative estimate of drug-likeness (QED) is 0.175. The van der Waals surface area contributed by atoms with E-state index >= 15 is 0 Å². The third kappa shape index (κ3) is 4.58. The van der Waals surface area contributed by atoms with Crippen molar-refractivity contribution in [1.29, 1.82) is 0 Å². The Hall–Kier alpha value is -3.45. The van der Waals surface area contributed by atoms with Crippen molar-refractivity contribution in [2.24, 2.45) is 5.41 Å². The van der Waals surface area contributed by atoms with Gasteiger partial charge in [0.05, 0.1) is 5.54 Å². The molecule has 1 saturated heterocycles. The lowest BCUT2D eigenvalue weighted by Gasteiger charge is -2.45. The maximum Gasteiger partial charge on any atom is 0.324 e. The van der Waals surface area contributed by atoms with Gasteiger partial charge in [0.1, 0.15) is 18.8 Å². The Bertz CT molecular complexity index is 1530. The summed E-state index contributed by atoms with van der Waals surface area (Å²) in [5.41, 5.74) is 5.35. The Labute approximate surface area is 251 Å². The first kappa shape index (κ1) is 27.7. The van der Waals surface area contributed by atoms with Gasteiger partial charge in [-0.3, -0.25) is 9.69 Å². The predicted molar refractivity (Wildman–Crippen MR) is 170 cm³/mol. The fourth-order valence-corrected chi connectivity index (χ4v) is 7.03. The van der Waals surface area contributed by atoms with Crippen LogP contribution in [-0.4, -0.2) is 40.2 Å². The van der Waals surface area contributed by atoms with Gasteiger partial charge >= 0.3 is 5.97 Å². The molecule has 0 unspecified atom stereocenters. The third-order valence-corrected chi connectivity index (χ3v) is 9.63. The van der Waals surface area contributed by atoms with Gasteiger partial charge in [0.2, 0.25) is 4.38 Å². The molecule has 0 aromatic heterocycles. The number of ether oxygens (including phenoxy) is 2. The zero-order valence-electron chi connectivity index (χ0n) is 23.4. The van der Waals surface area contributed by atoms with E-state index in [1.807, 2.05) is 42.7 Å². The second-order valence-corrected chi connectivity index (χ2v) is 12.6. The van der Waals surface area contributed by atoms with Gasteiger partial charge in [-0.2, -0.15) is 0 Å². The molecule has 0 spiro atoms. The minimum atomic E-state index is -0.735. The molecule has 1 aliphatic heterocycles. The van der Waals surface area contributed by atoms with Crippen LogP contribution in [0.25, 0.3) is 11.1 Å². The van der Waals surface area contributed by atoms with Crippen molar-refractivity contribution in [3.63, 3.8) is 0 Å². The van der Waals surface area contributed by atoms with E-state index in [-0.39, 0.29) is 18.7 Å². The molecule has 6 heteroatoms. The SMILES string of the molecule is CSC(=S)O[C@@H]1CN(C2(c3ccccc3)c3ccccc3-c3ccccc32)[C@H](C(=O)OCc2ccccc2)C1(C)C. The largest absolute Gasteiger partial charge is 0.473 e. The molecule has 4 aromatic carbocycles. The van der Waals surface area contributed by atoms with Crippen LogP contribution in [0.3, 0.4) is 0 Å². The van der Waals surface area contributed by atoms with Crippen molar-refractivity contribution >= 4 is 34.3 Å². The number of rotatable bonds is 6. The maximum absolute atomic E-state index is 14.3. The van der Waals surface area contributed by atoms with E-state index < -0.39 is 17.0 Å². The molecule has 2 aliphatic rings. The molecular weight excluding hydrogens is 547 g/mol. The first-order valence-electron chi connectivity index (χ1n) is 13.9. The average molecular weight is 580 g/mol. The summed E-state index contributed by atoms with van der Waals surface area (Å²) < 4.78 is 13.0. The number of fused-ring (bicyclic) bond motifs is 3. The van der Waals surface area contributed by atoms with E-state index in [0.717, 1.165) is 22.3 Å². The highest BCUT2D eigenvalue weighted by molar-refractivity contribution is 8.22. The summed E-state index contributed by atoms with van der Waals surface area (Å²) in [5.74, 6) is -0.266. The van der Waals surface area contributed by atoms with Crippen LogP contribution in [0.1, 0.15) is 36.1 Å². The van der Waals surface area contributed by atoms with E-state index in [1.165, 1.54) is 22.9 Å². The van der Waals surface area contributed by atoms with Crippen molar-refractivity contribution in [3.05, 3.63) is 131 Å². The molecule has 0 bridgehead atoms. The van der Waals surface area contributed by atoms with Gasteiger partial charge in [0.25, 0.3) is 0 Å². The molecule has 4 aromatic rings. The average Bonchev–Trinajstić information content (AvgIpc) is 3.45. The number of benzene rings is 4. The smallest absolute Gasteiger partial charge is 0.324 e. The topological polar surface area (TPSA) is 38.8 Å². The van der Waals surface area contributed by atoms with Crippen molar-refractivity contribution in [2.75, 3.05) is 12.8 Å². The fraction of sp³-hybridized carbons (Fsp3) is 0.257. The van der Waals surface area contributed by atoms with Crippen LogP contribution in [-0.2, 0) is 26.4 Å². The Balaban J connectivity index is 1.55. The van der Waals surface area contributed by atoms with Gasteiger partial charge in [-0.1, -0.05) is 135 Å². The molecule has 1 heterocycles. The number of carbonyl (C=O) groups excluding carboxylic acids is 1. The van der Waals surface area contributed by atoms with Crippen molar-refractivity contribution in [2.45, 2.75) is 38.1 Å². The number of thiocarbonyl (C=S) groups is 1. The van der Waals surface area contributed by atoms with Gasteiger partial charge in [0, 0.05) is 12.0 Å². The molecule has 41 heavy (non-hydrogen) atoms. The molecular formula is C35H33NO3S2. The summed E-state index contributed by atoms with van der Waals surface area (Å²) >= 11 is 6.95. The molecule has 1 fully saturated rings. The summed E-state index contributed by atoms with van der Waals surface area (Å²) in [6, 6.07) is 36.8. The van der Waals surface area contributed by atoms with E-state index in [4.69, 9.17) is 21.7 Å². The lowest BCUT2D eigenvalue weighted by atomic mass is 9.76. The van der Waals surface area contributed by atoms with Crippen LogP contribution < -0.4 is 0 Å². The number of hydrogen-bond acceptors (Lipinski definition) is 6. The molecule has 4 nitrogen and oxygen atoms in total. The van der Waals surface area contributed by atoms with E-state index in [0.29, 0.717) is 10.9 Å². The van der Waals surface area contributed by atoms with E-state index in [9.17, 15) is 4.79 Å². The standard InChI is InChI=1S/C35H33NO3S2/c1-34(2)30(39-33(40)41-3)22-36(31(34)32(37)38-23-24-14-6-4-7-15-24)35(25-16-8-5-9-17-25)28-20-12-10-18-26(28)27-19-11-13-21-29(27)35/h4-21,30-31H,22-23H2,1-3H3/t30-,31-/m1/s1. The highest BCUT2D eigenvalue weighted by Crippen LogP contribution is 2.58. The first-order chi connectivity index (χ1) is 19.9. The molecule has 0 saturated carbocycles. The number of thioether (sulfide) groups is 1. The minimum Gasteiger partial charge on any atom is -0.473 e. The Kier molecular flexibility index (Phi) is 7.49. The van der Waals surface area contributed by atoms with Crippen LogP contribution in [0.5, 0.6) is 0 Å². The zero-order valence-corrected chi connectivity index (χ0v) is 25.1. The van der Waals surface area contributed by atoms with Crippen LogP contribution in [0, 0.1) is 5.41 Å². The summed E-state index contributed by atoms with van der Waals surface area (Å²) in [4.78, 5) is 16.7. The normalized spacial score (nSPS) is 20.2. The number of nitrogens with zero attached hydrogens (tertiary/aromatic N) is 1. The number of hydrogen-bond donors (Lipinski definition) is 0. The predicted octanol–water partition coefficient (Wildman–Crippen LogP) is 7.45. The molecule has 0 amide bonds. The molecule has 2 atom stereocenters. The minimum absolute atomic E-state index is 0.209. The third-order valence-electron chi connectivity index (χ3n) is 8.61. The Morgan fingerprint density at radius 1 is 0.854 bits per heavy atom. The van der Waals surface area contributed by atoms with Gasteiger partial charge < -0.3 is 9.47 Å². The van der Waals surface area contributed by atoms with Gasteiger partial charge in [-0.15, -0.1) is 0 Å². The van der Waals surface area contributed by atoms with Gasteiger partial charge in [-0.05, 0) is 51.9 Å². The summed E-state index contributed by atoms with van der Waals surface area (Å²) in [6.07, 6.45) is 1.60. The number of esters is 1. The van der Waals surface area contributed by atoms with E-state index in [1.54, 1.807) is 0 Å². The van der Waals surface area contributed by atoms with Crippen LogP contribution in [0.15, 0.2) is 109 Å². The zero-order chi connectivity index (χ0) is 28.6. The number of likely N-dealkylation sites (tertiary alicyclic amines) is 1. The maximum atomic E-state index is 14.3. The summed E-state index contributed by atoms with van der Waals surface area (Å²) in [6.45, 7) is 4.90. The van der Waals surface area contributed by atoms with Crippen LogP contribution in [0.2, 0.25) is 0 Å². The fourth-order valence-electron chi connectivity index (χ4n) is 6.70. The molecule has 208 valence electrons. The first-order valence-corrected chi connectivity index (χ1v) is 15.5. The van der Waals surface area contributed by atoms with Crippen LogP contribution >= 0.6 is 24.0 Å². The second-order valence-electron chi connectivity index (χ2n) is 11.2. The highest BCUT2D eigenvalue weighted by Gasteiger charge is 2.62.